The summed E-state index contributed by atoms with van der Waals surface area (Å²) in [5.74, 6) is -1.89. The SMILES string of the molecule is CCC(NC(=O)[C@H](CC(C)C)NC(=O)NCc1ccccc1)C(=O)C(=O)NCc1ccccc1N(C)C. The van der Waals surface area contributed by atoms with Crippen LogP contribution in [0.25, 0.3) is 0 Å². The van der Waals surface area contributed by atoms with Gasteiger partial charge in [0.05, 0.1) is 6.04 Å². The maximum Gasteiger partial charge on any atom is 0.315 e. The van der Waals surface area contributed by atoms with Gasteiger partial charge in [-0.05, 0) is 36.0 Å². The first-order chi connectivity index (χ1) is 17.6. The summed E-state index contributed by atoms with van der Waals surface area (Å²) in [5.41, 5.74) is 2.73. The van der Waals surface area contributed by atoms with Crippen LogP contribution in [0.15, 0.2) is 54.6 Å². The fourth-order valence-corrected chi connectivity index (χ4v) is 3.83. The fourth-order valence-electron chi connectivity index (χ4n) is 3.83. The number of urea groups is 1. The molecule has 37 heavy (non-hydrogen) atoms. The Morgan fingerprint density at radius 1 is 0.811 bits per heavy atom. The van der Waals surface area contributed by atoms with E-state index in [4.69, 9.17) is 0 Å². The maximum atomic E-state index is 13.0. The molecule has 9 heteroatoms. The first-order valence-electron chi connectivity index (χ1n) is 12.6. The predicted molar refractivity (Wildman–Crippen MR) is 145 cm³/mol. The van der Waals surface area contributed by atoms with Crippen LogP contribution in [-0.4, -0.2) is 49.8 Å². The molecule has 0 saturated heterocycles. The first kappa shape index (κ1) is 29.4. The summed E-state index contributed by atoms with van der Waals surface area (Å²) in [5, 5.41) is 10.8. The van der Waals surface area contributed by atoms with Gasteiger partial charge in [0.25, 0.3) is 5.91 Å². The minimum absolute atomic E-state index is 0.112. The van der Waals surface area contributed by atoms with E-state index in [0.717, 1.165) is 16.8 Å². The Kier molecular flexibility index (Phi) is 11.6. The highest BCUT2D eigenvalue weighted by molar-refractivity contribution is 6.38. The monoisotopic (exact) mass is 509 g/mol. The molecule has 0 saturated carbocycles. The maximum absolute atomic E-state index is 13.0. The normalized spacial score (nSPS) is 12.3. The topological polar surface area (TPSA) is 120 Å². The van der Waals surface area contributed by atoms with Gasteiger partial charge < -0.3 is 26.2 Å². The smallest absolute Gasteiger partial charge is 0.315 e. The third kappa shape index (κ3) is 9.59. The molecule has 2 rings (SSSR count). The lowest BCUT2D eigenvalue weighted by molar-refractivity contribution is -0.140. The number of rotatable bonds is 13. The third-order valence-electron chi connectivity index (χ3n) is 5.80. The number of para-hydroxylation sites is 1. The van der Waals surface area contributed by atoms with Gasteiger partial charge in [-0.1, -0.05) is 69.3 Å². The van der Waals surface area contributed by atoms with Crippen LogP contribution in [0.4, 0.5) is 10.5 Å². The van der Waals surface area contributed by atoms with Gasteiger partial charge in [0.2, 0.25) is 11.7 Å². The number of carbonyl (C=O) groups is 4. The number of nitrogens with zero attached hydrogens (tertiary/aromatic N) is 1. The lowest BCUT2D eigenvalue weighted by Crippen LogP contribution is -2.55. The van der Waals surface area contributed by atoms with Crippen molar-refractivity contribution in [2.24, 2.45) is 5.92 Å². The molecule has 4 N–H and O–H groups in total. The van der Waals surface area contributed by atoms with Crippen molar-refractivity contribution in [1.82, 2.24) is 21.3 Å². The number of amides is 4. The van der Waals surface area contributed by atoms with Crippen LogP contribution >= 0.6 is 0 Å². The highest BCUT2D eigenvalue weighted by Crippen LogP contribution is 2.17. The van der Waals surface area contributed by atoms with Crippen molar-refractivity contribution in [1.29, 1.82) is 0 Å². The number of Topliss-reactive ketones (excluding diaryl/α,β-unsaturated/α-hetero) is 1. The third-order valence-corrected chi connectivity index (χ3v) is 5.80. The molecule has 2 aromatic carbocycles. The van der Waals surface area contributed by atoms with Crippen LogP contribution in [0.1, 0.15) is 44.7 Å². The quantitative estimate of drug-likeness (QED) is 0.310. The van der Waals surface area contributed by atoms with E-state index < -0.39 is 35.7 Å². The van der Waals surface area contributed by atoms with Crippen LogP contribution in [-0.2, 0) is 27.5 Å². The molecular weight excluding hydrogens is 470 g/mol. The lowest BCUT2D eigenvalue weighted by Gasteiger charge is -2.23. The second-order valence-electron chi connectivity index (χ2n) is 9.53. The van der Waals surface area contributed by atoms with Gasteiger partial charge >= 0.3 is 6.03 Å². The second kappa shape index (κ2) is 14.6. The number of carbonyl (C=O) groups excluding carboxylic acids is 4. The van der Waals surface area contributed by atoms with Gasteiger partial charge in [0.15, 0.2) is 0 Å². The van der Waals surface area contributed by atoms with Crippen molar-refractivity contribution in [3.05, 3.63) is 65.7 Å². The number of benzene rings is 2. The molecule has 0 fully saturated rings. The molecule has 200 valence electrons. The number of hydrogen-bond acceptors (Lipinski definition) is 5. The van der Waals surface area contributed by atoms with Gasteiger partial charge in [0, 0.05) is 32.9 Å². The molecule has 0 heterocycles. The van der Waals surface area contributed by atoms with Crippen LogP contribution in [0.5, 0.6) is 0 Å². The van der Waals surface area contributed by atoms with Gasteiger partial charge in [-0.2, -0.15) is 0 Å². The number of ketones is 1. The second-order valence-corrected chi connectivity index (χ2v) is 9.53. The largest absolute Gasteiger partial charge is 0.377 e. The van der Waals surface area contributed by atoms with E-state index in [0.29, 0.717) is 13.0 Å². The van der Waals surface area contributed by atoms with Crippen LogP contribution in [0.2, 0.25) is 0 Å². The number of nitrogens with one attached hydrogen (secondary N) is 4. The molecule has 0 bridgehead atoms. The average molecular weight is 510 g/mol. The van der Waals surface area contributed by atoms with Crippen molar-refractivity contribution in [2.45, 2.75) is 58.8 Å². The van der Waals surface area contributed by atoms with Crippen molar-refractivity contribution in [3.8, 4) is 0 Å². The molecule has 9 nitrogen and oxygen atoms in total. The van der Waals surface area contributed by atoms with E-state index >= 15 is 0 Å². The van der Waals surface area contributed by atoms with E-state index in [1.807, 2.05) is 87.4 Å². The Morgan fingerprint density at radius 3 is 2.08 bits per heavy atom. The first-order valence-corrected chi connectivity index (χ1v) is 12.6. The molecule has 0 spiro atoms. The van der Waals surface area contributed by atoms with Crippen LogP contribution in [0.3, 0.4) is 0 Å². The van der Waals surface area contributed by atoms with Crippen molar-refractivity contribution in [3.63, 3.8) is 0 Å². The molecule has 0 aliphatic carbocycles. The minimum atomic E-state index is -1.000. The van der Waals surface area contributed by atoms with E-state index in [2.05, 4.69) is 21.3 Å². The lowest BCUT2D eigenvalue weighted by atomic mass is 10.0. The average Bonchev–Trinajstić information content (AvgIpc) is 2.88. The summed E-state index contributed by atoms with van der Waals surface area (Å²) in [7, 11) is 3.80. The van der Waals surface area contributed by atoms with Gasteiger partial charge in [-0.15, -0.1) is 0 Å². The molecule has 1 unspecified atom stereocenters. The summed E-state index contributed by atoms with van der Waals surface area (Å²) in [6.45, 7) is 6.09. The van der Waals surface area contributed by atoms with E-state index in [1.54, 1.807) is 6.92 Å². The summed E-state index contributed by atoms with van der Waals surface area (Å²) < 4.78 is 0. The molecule has 2 atom stereocenters. The molecule has 0 aromatic heterocycles. The molecular formula is C28H39N5O4. The predicted octanol–water partition coefficient (Wildman–Crippen LogP) is 2.75. The number of anilines is 1. The Balaban J connectivity index is 1.97. The highest BCUT2D eigenvalue weighted by Gasteiger charge is 2.29. The van der Waals surface area contributed by atoms with Crippen LogP contribution in [0, 0.1) is 5.92 Å². The van der Waals surface area contributed by atoms with E-state index in [1.165, 1.54) is 0 Å². The fraction of sp³-hybridized carbons (Fsp3) is 0.429. The zero-order valence-electron chi connectivity index (χ0n) is 22.3. The standard InChI is InChI=1S/C28H39N5O4/c1-6-22(25(34)27(36)29-18-21-14-10-11-15-24(21)33(4)5)31-26(35)23(16-19(2)3)32-28(37)30-17-20-12-8-7-9-13-20/h7-15,19,22-23H,6,16-18H2,1-5H3,(H,29,36)(H,31,35)(H2,30,32,37)/t22?,23-/m0/s1. The molecule has 0 aliphatic heterocycles. The molecule has 4 amide bonds. The van der Waals surface area contributed by atoms with Crippen molar-refractivity contribution < 1.29 is 19.2 Å². The van der Waals surface area contributed by atoms with Gasteiger partial charge in [0.1, 0.15) is 6.04 Å². The van der Waals surface area contributed by atoms with Gasteiger partial charge in [-0.3, -0.25) is 14.4 Å². The van der Waals surface area contributed by atoms with Gasteiger partial charge in [-0.25, -0.2) is 4.79 Å². The van der Waals surface area contributed by atoms with E-state index in [-0.39, 0.29) is 18.9 Å². The summed E-state index contributed by atoms with van der Waals surface area (Å²) >= 11 is 0. The molecule has 0 aliphatic rings. The number of hydrogen-bond donors (Lipinski definition) is 4. The Morgan fingerprint density at radius 2 is 1.46 bits per heavy atom. The Bertz CT molecular complexity index is 1060. The Hall–Kier alpha value is -3.88. The zero-order chi connectivity index (χ0) is 27.4. The van der Waals surface area contributed by atoms with Crippen molar-refractivity contribution >= 4 is 29.3 Å². The Labute approximate surface area is 219 Å². The zero-order valence-corrected chi connectivity index (χ0v) is 22.3. The summed E-state index contributed by atoms with van der Waals surface area (Å²) in [6, 6.07) is 14.7. The summed E-state index contributed by atoms with van der Waals surface area (Å²) in [6.07, 6.45) is 0.615. The molecule has 0 radical (unpaired) electrons. The summed E-state index contributed by atoms with van der Waals surface area (Å²) in [4.78, 5) is 52.9. The van der Waals surface area contributed by atoms with Crippen LogP contribution < -0.4 is 26.2 Å². The van der Waals surface area contributed by atoms with E-state index in [9.17, 15) is 19.2 Å². The molecule has 2 aromatic rings. The minimum Gasteiger partial charge on any atom is -0.377 e. The van der Waals surface area contributed by atoms with Crippen molar-refractivity contribution in [2.75, 3.05) is 19.0 Å². The highest BCUT2D eigenvalue weighted by atomic mass is 16.2.